The summed E-state index contributed by atoms with van der Waals surface area (Å²) in [6.45, 7) is 0.589. The third kappa shape index (κ3) is 2.67. The topological polar surface area (TPSA) is 51.5 Å². The third-order valence-electron chi connectivity index (χ3n) is 4.22. The Morgan fingerprint density at radius 3 is 2.67 bits per heavy atom. The number of rotatable bonds is 3. The van der Waals surface area contributed by atoms with E-state index in [9.17, 15) is 4.79 Å². The van der Waals surface area contributed by atoms with Crippen molar-refractivity contribution < 1.29 is 13.9 Å². The SMILES string of the molecule is O=C(NC1CCOc2ccccc21)c1occc1-c1ccccc1. The van der Waals surface area contributed by atoms with Gasteiger partial charge in [-0.15, -0.1) is 0 Å². The minimum absolute atomic E-state index is 0.0730. The Labute approximate surface area is 140 Å². The predicted octanol–water partition coefficient (Wildman–Crippen LogP) is 4.20. The molecular formula is C20H17NO3. The molecule has 24 heavy (non-hydrogen) atoms. The normalized spacial score (nSPS) is 16.1. The zero-order valence-corrected chi connectivity index (χ0v) is 13.1. The lowest BCUT2D eigenvalue weighted by molar-refractivity contribution is 0.0897. The van der Waals surface area contributed by atoms with E-state index in [0.29, 0.717) is 12.4 Å². The van der Waals surface area contributed by atoms with E-state index in [4.69, 9.17) is 9.15 Å². The van der Waals surface area contributed by atoms with Crippen molar-refractivity contribution in [1.29, 1.82) is 0 Å². The Kier molecular flexibility index (Phi) is 3.79. The summed E-state index contributed by atoms with van der Waals surface area (Å²) in [5, 5.41) is 3.07. The van der Waals surface area contributed by atoms with Gasteiger partial charge >= 0.3 is 0 Å². The van der Waals surface area contributed by atoms with E-state index in [1.807, 2.05) is 60.7 Å². The first-order valence-corrected chi connectivity index (χ1v) is 7.98. The number of amides is 1. The summed E-state index contributed by atoms with van der Waals surface area (Å²) in [7, 11) is 0. The highest BCUT2D eigenvalue weighted by Gasteiger charge is 2.25. The molecule has 1 aromatic heterocycles. The lowest BCUT2D eigenvalue weighted by Crippen LogP contribution is -2.32. The molecule has 4 rings (SSSR count). The van der Waals surface area contributed by atoms with Crippen molar-refractivity contribution in [1.82, 2.24) is 5.32 Å². The number of hydrogen-bond acceptors (Lipinski definition) is 3. The minimum atomic E-state index is -0.208. The lowest BCUT2D eigenvalue weighted by atomic mass is 10.00. The number of hydrogen-bond donors (Lipinski definition) is 1. The van der Waals surface area contributed by atoms with Crippen molar-refractivity contribution >= 4 is 5.91 Å². The van der Waals surface area contributed by atoms with Crippen molar-refractivity contribution in [3.63, 3.8) is 0 Å². The maximum absolute atomic E-state index is 12.7. The van der Waals surface area contributed by atoms with Crippen molar-refractivity contribution in [2.75, 3.05) is 6.61 Å². The first-order chi connectivity index (χ1) is 11.8. The van der Waals surface area contributed by atoms with Crippen LogP contribution in [0.15, 0.2) is 71.3 Å². The summed E-state index contributed by atoms with van der Waals surface area (Å²) in [6, 6.07) is 19.3. The van der Waals surface area contributed by atoms with Gasteiger partial charge < -0.3 is 14.5 Å². The Hall–Kier alpha value is -3.01. The fourth-order valence-corrected chi connectivity index (χ4v) is 3.05. The number of carbonyl (C=O) groups is 1. The molecule has 1 atom stereocenters. The molecule has 0 saturated carbocycles. The Bertz CT molecular complexity index is 854. The molecular weight excluding hydrogens is 302 g/mol. The molecule has 120 valence electrons. The van der Waals surface area contributed by atoms with E-state index in [0.717, 1.165) is 28.9 Å². The van der Waals surface area contributed by atoms with Gasteiger partial charge in [-0.2, -0.15) is 0 Å². The van der Waals surface area contributed by atoms with Gasteiger partial charge in [0, 0.05) is 17.5 Å². The molecule has 1 unspecified atom stereocenters. The van der Waals surface area contributed by atoms with Crippen molar-refractivity contribution in [2.45, 2.75) is 12.5 Å². The summed E-state index contributed by atoms with van der Waals surface area (Å²) in [5.41, 5.74) is 2.77. The first kappa shape index (κ1) is 14.6. The molecule has 0 radical (unpaired) electrons. The minimum Gasteiger partial charge on any atom is -0.493 e. The largest absolute Gasteiger partial charge is 0.493 e. The molecule has 4 nitrogen and oxygen atoms in total. The van der Waals surface area contributed by atoms with Gasteiger partial charge in [-0.1, -0.05) is 48.5 Å². The van der Waals surface area contributed by atoms with Crippen LogP contribution in [-0.2, 0) is 0 Å². The fourth-order valence-electron chi connectivity index (χ4n) is 3.05. The van der Waals surface area contributed by atoms with Crippen molar-refractivity contribution in [3.8, 4) is 16.9 Å². The molecule has 4 heteroatoms. The van der Waals surface area contributed by atoms with Crippen LogP contribution in [0.1, 0.15) is 28.6 Å². The summed E-state index contributed by atoms with van der Waals surface area (Å²) in [4.78, 5) is 12.7. The zero-order chi connectivity index (χ0) is 16.4. The second-order valence-electron chi connectivity index (χ2n) is 5.73. The molecule has 0 fully saturated rings. The third-order valence-corrected chi connectivity index (χ3v) is 4.22. The van der Waals surface area contributed by atoms with E-state index in [1.165, 1.54) is 0 Å². The van der Waals surface area contributed by atoms with E-state index in [-0.39, 0.29) is 11.9 Å². The first-order valence-electron chi connectivity index (χ1n) is 7.98. The number of carbonyl (C=O) groups excluding carboxylic acids is 1. The Balaban J connectivity index is 1.60. The Morgan fingerprint density at radius 1 is 1.00 bits per heavy atom. The predicted molar refractivity (Wildman–Crippen MR) is 90.9 cm³/mol. The van der Waals surface area contributed by atoms with Crippen LogP contribution in [0.25, 0.3) is 11.1 Å². The molecule has 2 heterocycles. The standard InChI is InChI=1S/C20H17NO3/c22-20(19-15(10-12-24-19)14-6-2-1-3-7-14)21-17-11-13-23-18-9-5-4-8-16(17)18/h1-10,12,17H,11,13H2,(H,21,22). The molecule has 1 amide bonds. The average molecular weight is 319 g/mol. The van der Waals surface area contributed by atoms with Crippen molar-refractivity contribution in [3.05, 3.63) is 78.3 Å². The smallest absolute Gasteiger partial charge is 0.288 e. The van der Waals surface area contributed by atoms with Crippen LogP contribution in [0, 0.1) is 0 Å². The summed E-state index contributed by atoms with van der Waals surface area (Å²) in [6.07, 6.45) is 2.29. The maximum Gasteiger partial charge on any atom is 0.288 e. The van der Waals surface area contributed by atoms with Crippen LogP contribution in [0.2, 0.25) is 0 Å². The van der Waals surface area contributed by atoms with E-state index in [1.54, 1.807) is 6.26 Å². The summed E-state index contributed by atoms with van der Waals surface area (Å²) in [5.74, 6) is 0.961. The van der Waals surface area contributed by atoms with Crippen LogP contribution >= 0.6 is 0 Å². The fraction of sp³-hybridized carbons (Fsp3) is 0.150. The van der Waals surface area contributed by atoms with E-state index < -0.39 is 0 Å². The highest BCUT2D eigenvalue weighted by atomic mass is 16.5. The number of fused-ring (bicyclic) bond motifs is 1. The quantitative estimate of drug-likeness (QED) is 0.787. The highest BCUT2D eigenvalue weighted by molar-refractivity contribution is 5.98. The van der Waals surface area contributed by atoms with Crippen LogP contribution < -0.4 is 10.1 Å². The Morgan fingerprint density at radius 2 is 1.79 bits per heavy atom. The van der Waals surface area contributed by atoms with Gasteiger partial charge in [0.25, 0.3) is 5.91 Å². The molecule has 3 aromatic rings. The summed E-state index contributed by atoms with van der Waals surface area (Å²) < 4.78 is 11.1. The van der Waals surface area contributed by atoms with Crippen LogP contribution in [0.4, 0.5) is 0 Å². The van der Waals surface area contributed by atoms with E-state index >= 15 is 0 Å². The number of benzene rings is 2. The molecule has 0 saturated heterocycles. The second-order valence-corrected chi connectivity index (χ2v) is 5.73. The molecule has 0 spiro atoms. The average Bonchev–Trinajstić information content (AvgIpc) is 3.13. The van der Waals surface area contributed by atoms with Crippen molar-refractivity contribution in [2.24, 2.45) is 0 Å². The van der Waals surface area contributed by atoms with Crippen LogP contribution in [0.5, 0.6) is 5.75 Å². The van der Waals surface area contributed by atoms with Gasteiger partial charge in [-0.05, 0) is 17.7 Å². The van der Waals surface area contributed by atoms with Gasteiger partial charge in [-0.3, -0.25) is 4.79 Å². The maximum atomic E-state index is 12.7. The molecule has 0 bridgehead atoms. The number of ether oxygens (including phenoxy) is 1. The monoisotopic (exact) mass is 319 g/mol. The lowest BCUT2D eigenvalue weighted by Gasteiger charge is -2.26. The van der Waals surface area contributed by atoms with Gasteiger partial charge in [0.15, 0.2) is 5.76 Å². The number of para-hydroxylation sites is 1. The molecule has 2 aromatic carbocycles. The zero-order valence-electron chi connectivity index (χ0n) is 13.1. The second kappa shape index (κ2) is 6.24. The van der Waals surface area contributed by atoms with Crippen LogP contribution in [0.3, 0.4) is 0 Å². The summed E-state index contributed by atoms with van der Waals surface area (Å²) >= 11 is 0. The van der Waals surface area contributed by atoms with Gasteiger partial charge in [0.1, 0.15) is 5.75 Å². The molecule has 1 aliphatic heterocycles. The highest BCUT2D eigenvalue weighted by Crippen LogP contribution is 2.32. The van der Waals surface area contributed by atoms with Gasteiger partial charge in [0.2, 0.25) is 0 Å². The number of nitrogens with one attached hydrogen (secondary N) is 1. The molecule has 0 aliphatic carbocycles. The van der Waals surface area contributed by atoms with Gasteiger partial charge in [0.05, 0.1) is 18.9 Å². The molecule has 1 N–H and O–H groups in total. The van der Waals surface area contributed by atoms with Gasteiger partial charge in [-0.25, -0.2) is 0 Å². The number of furan rings is 1. The van der Waals surface area contributed by atoms with E-state index in [2.05, 4.69) is 5.32 Å². The molecule has 1 aliphatic rings. The van der Waals surface area contributed by atoms with Crippen LogP contribution in [-0.4, -0.2) is 12.5 Å².